The van der Waals surface area contributed by atoms with Crippen LogP contribution in [-0.2, 0) is 6.54 Å². The maximum atomic E-state index is 13.9. The molecule has 3 rings (SSSR count). The standard InChI is InChI=1S/C16H11F2NO2/c17-13-3-4-15-10(7-13)5-6-19(15)9-12-2-1-11(16(20)21)8-14(12)18/h1-8H,9H2,(H,20,21). The number of halogens is 2. The summed E-state index contributed by atoms with van der Waals surface area (Å²) in [5.74, 6) is -2.06. The van der Waals surface area contributed by atoms with E-state index in [1.54, 1.807) is 22.9 Å². The molecule has 1 heterocycles. The lowest BCUT2D eigenvalue weighted by Crippen LogP contribution is -2.03. The summed E-state index contributed by atoms with van der Waals surface area (Å²) in [6, 6.07) is 9.97. The van der Waals surface area contributed by atoms with Crippen molar-refractivity contribution in [2.24, 2.45) is 0 Å². The third-order valence-electron chi connectivity index (χ3n) is 3.37. The number of hydrogen-bond acceptors (Lipinski definition) is 1. The second kappa shape index (κ2) is 5.01. The van der Waals surface area contributed by atoms with E-state index in [9.17, 15) is 13.6 Å². The smallest absolute Gasteiger partial charge is 0.335 e. The Morgan fingerprint density at radius 2 is 1.90 bits per heavy atom. The van der Waals surface area contributed by atoms with Gasteiger partial charge in [0, 0.05) is 22.7 Å². The highest BCUT2D eigenvalue weighted by molar-refractivity contribution is 5.87. The van der Waals surface area contributed by atoms with Gasteiger partial charge in [0.25, 0.3) is 0 Å². The van der Waals surface area contributed by atoms with Gasteiger partial charge < -0.3 is 9.67 Å². The van der Waals surface area contributed by atoms with Gasteiger partial charge in [0.2, 0.25) is 0 Å². The molecule has 1 N–H and O–H groups in total. The summed E-state index contributed by atoms with van der Waals surface area (Å²) in [5.41, 5.74) is 1.08. The van der Waals surface area contributed by atoms with Crippen LogP contribution in [0.1, 0.15) is 15.9 Å². The van der Waals surface area contributed by atoms with Crippen LogP contribution in [0.2, 0.25) is 0 Å². The van der Waals surface area contributed by atoms with Crippen molar-refractivity contribution < 1.29 is 18.7 Å². The summed E-state index contributed by atoms with van der Waals surface area (Å²) in [4.78, 5) is 10.8. The molecule has 0 aliphatic rings. The molecule has 0 aliphatic carbocycles. The second-order valence-electron chi connectivity index (χ2n) is 4.76. The quantitative estimate of drug-likeness (QED) is 0.798. The van der Waals surface area contributed by atoms with Gasteiger partial charge in [0.1, 0.15) is 11.6 Å². The van der Waals surface area contributed by atoms with Crippen LogP contribution < -0.4 is 0 Å². The molecule has 0 spiro atoms. The SMILES string of the molecule is O=C(O)c1ccc(Cn2ccc3cc(F)ccc32)c(F)c1. The number of aromatic carboxylic acids is 1. The number of nitrogens with zero attached hydrogens (tertiary/aromatic N) is 1. The Hall–Kier alpha value is -2.69. The van der Waals surface area contributed by atoms with Crippen LogP contribution in [-0.4, -0.2) is 15.6 Å². The van der Waals surface area contributed by atoms with Gasteiger partial charge >= 0.3 is 5.97 Å². The summed E-state index contributed by atoms with van der Waals surface area (Å²) in [7, 11) is 0. The highest BCUT2D eigenvalue weighted by Gasteiger charge is 2.10. The maximum Gasteiger partial charge on any atom is 0.335 e. The molecule has 0 amide bonds. The molecule has 0 atom stereocenters. The Balaban J connectivity index is 1.97. The molecule has 0 aliphatic heterocycles. The predicted molar refractivity (Wildman–Crippen MR) is 74.4 cm³/mol. The van der Waals surface area contributed by atoms with Crippen molar-refractivity contribution in [1.82, 2.24) is 4.57 Å². The number of carbonyl (C=O) groups is 1. The molecule has 5 heteroatoms. The molecule has 106 valence electrons. The lowest BCUT2D eigenvalue weighted by atomic mass is 10.1. The molecule has 0 unspecified atom stereocenters. The fraction of sp³-hybridized carbons (Fsp3) is 0.0625. The van der Waals surface area contributed by atoms with Gasteiger partial charge in [-0.2, -0.15) is 0 Å². The summed E-state index contributed by atoms with van der Waals surface area (Å²) >= 11 is 0. The van der Waals surface area contributed by atoms with Crippen LogP contribution in [0.15, 0.2) is 48.7 Å². The molecule has 0 bridgehead atoms. The molecule has 3 nitrogen and oxygen atoms in total. The van der Waals surface area contributed by atoms with Gasteiger partial charge in [-0.3, -0.25) is 0 Å². The Morgan fingerprint density at radius 1 is 1.10 bits per heavy atom. The first-order valence-electron chi connectivity index (χ1n) is 6.31. The maximum absolute atomic E-state index is 13.9. The molecule has 0 saturated heterocycles. The van der Waals surface area contributed by atoms with E-state index in [1.165, 1.54) is 24.3 Å². The van der Waals surface area contributed by atoms with Crippen molar-refractivity contribution in [3.63, 3.8) is 0 Å². The van der Waals surface area contributed by atoms with Crippen molar-refractivity contribution in [3.05, 3.63) is 71.4 Å². The van der Waals surface area contributed by atoms with Crippen molar-refractivity contribution >= 4 is 16.9 Å². The molecular formula is C16H11F2NO2. The number of carboxylic acid groups (broad SMARTS) is 1. The van der Waals surface area contributed by atoms with E-state index in [4.69, 9.17) is 5.11 Å². The molecule has 0 saturated carbocycles. The van der Waals surface area contributed by atoms with Crippen LogP contribution in [0, 0.1) is 11.6 Å². The van der Waals surface area contributed by atoms with Crippen LogP contribution in [0.3, 0.4) is 0 Å². The van der Waals surface area contributed by atoms with E-state index in [0.717, 1.165) is 17.0 Å². The van der Waals surface area contributed by atoms with Crippen LogP contribution >= 0.6 is 0 Å². The average molecular weight is 287 g/mol. The molecule has 21 heavy (non-hydrogen) atoms. The third kappa shape index (κ3) is 2.50. The number of rotatable bonds is 3. The minimum atomic E-state index is -1.16. The van der Waals surface area contributed by atoms with Gasteiger partial charge in [-0.25, -0.2) is 13.6 Å². The number of carboxylic acids is 1. The minimum absolute atomic E-state index is 0.0873. The highest BCUT2D eigenvalue weighted by Crippen LogP contribution is 2.20. The van der Waals surface area contributed by atoms with E-state index in [1.807, 2.05) is 0 Å². The molecule has 2 aromatic carbocycles. The largest absolute Gasteiger partial charge is 0.478 e. The van der Waals surface area contributed by atoms with E-state index in [0.29, 0.717) is 5.56 Å². The van der Waals surface area contributed by atoms with Crippen LogP contribution in [0.5, 0.6) is 0 Å². The van der Waals surface area contributed by atoms with Gasteiger partial charge in [-0.1, -0.05) is 6.07 Å². The molecule has 0 fully saturated rings. The van der Waals surface area contributed by atoms with Crippen molar-refractivity contribution in [3.8, 4) is 0 Å². The highest BCUT2D eigenvalue weighted by atomic mass is 19.1. The first kappa shape index (κ1) is 13.3. The zero-order valence-electron chi connectivity index (χ0n) is 10.9. The molecule has 1 aromatic heterocycles. The van der Waals surface area contributed by atoms with Crippen molar-refractivity contribution in [2.45, 2.75) is 6.54 Å². The zero-order chi connectivity index (χ0) is 15.0. The Bertz CT molecular complexity index is 839. The lowest BCUT2D eigenvalue weighted by molar-refractivity contribution is 0.0696. The minimum Gasteiger partial charge on any atom is -0.478 e. The second-order valence-corrected chi connectivity index (χ2v) is 4.76. The van der Waals surface area contributed by atoms with Gasteiger partial charge in [-0.05, 0) is 36.4 Å². The van der Waals surface area contributed by atoms with E-state index in [-0.39, 0.29) is 17.9 Å². The first-order chi connectivity index (χ1) is 10.0. The average Bonchev–Trinajstić information content (AvgIpc) is 2.83. The Kier molecular flexibility index (Phi) is 3.17. The van der Waals surface area contributed by atoms with E-state index < -0.39 is 11.8 Å². The fourth-order valence-electron chi connectivity index (χ4n) is 2.30. The van der Waals surface area contributed by atoms with Gasteiger partial charge in [0.15, 0.2) is 0 Å². The summed E-state index contributed by atoms with van der Waals surface area (Å²) in [6.07, 6.45) is 1.74. The van der Waals surface area contributed by atoms with E-state index >= 15 is 0 Å². The molecule has 3 aromatic rings. The number of benzene rings is 2. The molecule has 0 radical (unpaired) electrons. The third-order valence-corrected chi connectivity index (χ3v) is 3.37. The number of hydrogen-bond donors (Lipinski definition) is 1. The Labute approximate surface area is 119 Å². The monoisotopic (exact) mass is 287 g/mol. The van der Waals surface area contributed by atoms with Gasteiger partial charge in [0.05, 0.1) is 12.1 Å². The summed E-state index contributed by atoms with van der Waals surface area (Å²) in [6.45, 7) is 0.251. The first-order valence-corrected chi connectivity index (χ1v) is 6.31. The molecular weight excluding hydrogens is 276 g/mol. The van der Waals surface area contributed by atoms with Crippen LogP contribution in [0.25, 0.3) is 10.9 Å². The lowest BCUT2D eigenvalue weighted by Gasteiger charge is -2.07. The summed E-state index contributed by atoms with van der Waals surface area (Å²) in [5, 5.41) is 9.55. The topological polar surface area (TPSA) is 42.2 Å². The zero-order valence-corrected chi connectivity index (χ0v) is 10.9. The van der Waals surface area contributed by atoms with Crippen LogP contribution in [0.4, 0.5) is 8.78 Å². The fourth-order valence-corrected chi connectivity index (χ4v) is 2.30. The van der Waals surface area contributed by atoms with E-state index in [2.05, 4.69) is 0 Å². The summed E-state index contributed by atoms with van der Waals surface area (Å²) < 4.78 is 28.8. The Morgan fingerprint density at radius 3 is 2.62 bits per heavy atom. The van der Waals surface area contributed by atoms with Crippen molar-refractivity contribution in [1.29, 1.82) is 0 Å². The number of fused-ring (bicyclic) bond motifs is 1. The number of aromatic nitrogens is 1. The predicted octanol–water partition coefficient (Wildman–Crippen LogP) is 3.67. The normalized spacial score (nSPS) is 11.0. The van der Waals surface area contributed by atoms with Gasteiger partial charge in [-0.15, -0.1) is 0 Å². The van der Waals surface area contributed by atoms with Crippen molar-refractivity contribution in [2.75, 3.05) is 0 Å².